The normalized spacial score (nSPS) is 11.9. The van der Waals surface area contributed by atoms with Gasteiger partial charge in [-0.3, -0.25) is 0 Å². The zero-order valence-electron chi connectivity index (χ0n) is 9.33. The van der Waals surface area contributed by atoms with Gasteiger partial charge in [-0.05, 0) is 24.8 Å². The SMILES string of the molecule is CSC(C)CCNc1cc(C#N)cc(Cl)n1. The van der Waals surface area contributed by atoms with Crippen LogP contribution in [0.25, 0.3) is 0 Å². The molecule has 0 aliphatic carbocycles. The van der Waals surface area contributed by atoms with Crippen LogP contribution >= 0.6 is 23.4 Å². The van der Waals surface area contributed by atoms with Crippen LogP contribution in [0.5, 0.6) is 0 Å². The van der Waals surface area contributed by atoms with Crippen LogP contribution in [0.15, 0.2) is 12.1 Å². The van der Waals surface area contributed by atoms with Crippen LogP contribution in [0.2, 0.25) is 5.15 Å². The number of nitrogens with zero attached hydrogens (tertiary/aromatic N) is 2. The largest absolute Gasteiger partial charge is 0.370 e. The lowest BCUT2D eigenvalue weighted by molar-refractivity contribution is 0.850. The van der Waals surface area contributed by atoms with Crippen molar-refractivity contribution in [3.8, 4) is 6.07 Å². The first-order valence-corrected chi connectivity index (χ1v) is 6.66. The summed E-state index contributed by atoms with van der Waals surface area (Å²) in [4.78, 5) is 4.10. The summed E-state index contributed by atoms with van der Waals surface area (Å²) in [6.07, 6.45) is 3.15. The molecule has 0 saturated heterocycles. The van der Waals surface area contributed by atoms with Gasteiger partial charge in [0.1, 0.15) is 11.0 Å². The van der Waals surface area contributed by atoms with Crippen LogP contribution in [0, 0.1) is 11.3 Å². The monoisotopic (exact) mass is 255 g/mol. The second-order valence-electron chi connectivity index (χ2n) is 3.44. The second kappa shape index (κ2) is 6.62. The number of pyridine rings is 1. The quantitative estimate of drug-likeness (QED) is 0.821. The highest BCUT2D eigenvalue weighted by atomic mass is 35.5. The maximum Gasteiger partial charge on any atom is 0.132 e. The predicted octanol–water partition coefficient (Wildman–Crippen LogP) is 3.16. The highest BCUT2D eigenvalue weighted by Gasteiger charge is 2.02. The molecule has 1 heterocycles. The van der Waals surface area contributed by atoms with E-state index in [9.17, 15) is 0 Å². The minimum absolute atomic E-state index is 0.347. The fourth-order valence-corrected chi connectivity index (χ4v) is 1.74. The summed E-state index contributed by atoms with van der Waals surface area (Å²) in [6.45, 7) is 3.01. The van der Waals surface area contributed by atoms with Gasteiger partial charge in [0.2, 0.25) is 0 Å². The van der Waals surface area contributed by atoms with E-state index in [0.717, 1.165) is 13.0 Å². The van der Waals surface area contributed by atoms with Crippen molar-refractivity contribution in [2.45, 2.75) is 18.6 Å². The van der Waals surface area contributed by atoms with E-state index in [1.54, 1.807) is 12.1 Å². The van der Waals surface area contributed by atoms with Crippen molar-refractivity contribution in [1.29, 1.82) is 5.26 Å². The molecule has 1 atom stereocenters. The summed E-state index contributed by atoms with van der Waals surface area (Å²) in [5.41, 5.74) is 0.528. The van der Waals surface area contributed by atoms with E-state index in [2.05, 4.69) is 23.5 Å². The zero-order chi connectivity index (χ0) is 12.0. The second-order valence-corrected chi connectivity index (χ2v) is 5.10. The zero-order valence-corrected chi connectivity index (χ0v) is 10.9. The molecule has 0 amide bonds. The topological polar surface area (TPSA) is 48.7 Å². The van der Waals surface area contributed by atoms with Gasteiger partial charge in [-0.2, -0.15) is 17.0 Å². The van der Waals surface area contributed by atoms with Crippen molar-refractivity contribution in [2.24, 2.45) is 0 Å². The number of nitrogens with one attached hydrogen (secondary N) is 1. The van der Waals surface area contributed by atoms with Crippen LogP contribution < -0.4 is 5.32 Å². The number of hydrogen-bond donors (Lipinski definition) is 1. The summed E-state index contributed by atoms with van der Waals surface area (Å²) in [5.74, 6) is 0.664. The fraction of sp³-hybridized carbons (Fsp3) is 0.455. The Labute approximate surface area is 105 Å². The molecule has 0 fully saturated rings. The summed E-state index contributed by atoms with van der Waals surface area (Å²) in [5, 5.41) is 12.9. The molecule has 0 bridgehead atoms. The van der Waals surface area contributed by atoms with Gasteiger partial charge < -0.3 is 5.32 Å². The Hall–Kier alpha value is -0.920. The lowest BCUT2D eigenvalue weighted by Crippen LogP contribution is -2.08. The number of rotatable bonds is 5. The number of thioether (sulfide) groups is 1. The van der Waals surface area contributed by atoms with Crippen LogP contribution in [0.4, 0.5) is 5.82 Å². The van der Waals surface area contributed by atoms with E-state index in [0.29, 0.717) is 21.8 Å². The van der Waals surface area contributed by atoms with E-state index in [1.807, 2.05) is 17.8 Å². The first kappa shape index (κ1) is 13.1. The van der Waals surface area contributed by atoms with E-state index < -0.39 is 0 Å². The molecule has 0 radical (unpaired) electrons. The summed E-state index contributed by atoms with van der Waals surface area (Å²) >= 11 is 7.62. The third kappa shape index (κ3) is 4.30. The fourth-order valence-electron chi connectivity index (χ4n) is 1.17. The number of anilines is 1. The van der Waals surface area contributed by atoms with Gasteiger partial charge in [-0.25, -0.2) is 4.98 Å². The molecule has 86 valence electrons. The molecule has 0 saturated carbocycles. The number of hydrogen-bond acceptors (Lipinski definition) is 4. The van der Waals surface area contributed by atoms with Crippen LogP contribution in [-0.2, 0) is 0 Å². The molecule has 0 aromatic carbocycles. The average Bonchev–Trinajstić information content (AvgIpc) is 2.28. The van der Waals surface area contributed by atoms with Gasteiger partial charge in [-0.1, -0.05) is 18.5 Å². The molecule has 5 heteroatoms. The van der Waals surface area contributed by atoms with Crippen molar-refractivity contribution in [2.75, 3.05) is 18.1 Å². The molecule has 3 nitrogen and oxygen atoms in total. The molecule has 0 aliphatic rings. The van der Waals surface area contributed by atoms with Crippen molar-refractivity contribution >= 4 is 29.2 Å². The summed E-state index contributed by atoms with van der Waals surface area (Å²) < 4.78 is 0. The lowest BCUT2D eigenvalue weighted by atomic mass is 10.3. The smallest absolute Gasteiger partial charge is 0.132 e. The number of aromatic nitrogens is 1. The van der Waals surface area contributed by atoms with E-state index >= 15 is 0 Å². The van der Waals surface area contributed by atoms with E-state index in [1.165, 1.54) is 0 Å². The van der Waals surface area contributed by atoms with Gasteiger partial charge in [0, 0.05) is 11.8 Å². The van der Waals surface area contributed by atoms with Crippen molar-refractivity contribution in [3.05, 3.63) is 22.8 Å². The highest BCUT2D eigenvalue weighted by Crippen LogP contribution is 2.15. The average molecular weight is 256 g/mol. The highest BCUT2D eigenvalue weighted by molar-refractivity contribution is 7.99. The Balaban J connectivity index is 2.54. The molecule has 1 aromatic rings. The van der Waals surface area contributed by atoms with Gasteiger partial charge in [0.25, 0.3) is 0 Å². The molecule has 1 rings (SSSR count). The van der Waals surface area contributed by atoms with Crippen molar-refractivity contribution in [1.82, 2.24) is 4.98 Å². The third-order valence-electron chi connectivity index (χ3n) is 2.18. The number of halogens is 1. The summed E-state index contributed by atoms with van der Waals surface area (Å²) in [6, 6.07) is 5.31. The van der Waals surface area contributed by atoms with Gasteiger partial charge in [0.15, 0.2) is 0 Å². The molecule has 0 spiro atoms. The third-order valence-corrected chi connectivity index (χ3v) is 3.42. The molecule has 16 heavy (non-hydrogen) atoms. The van der Waals surface area contributed by atoms with Crippen LogP contribution in [-0.4, -0.2) is 23.0 Å². The Bertz CT molecular complexity index is 389. The molecular formula is C11H14ClN3S. The molecular weight excluding hydrogens is 242 g/mol. The maximum atomic E-state index is 8.77. The maximum absolute atomic E-state index is 8.77. The number of nitriles is 1. The van der Waals surface area contributed by atoms with E-state index in [-0.39, 0.29) is 0 Å². The summed E-state index contributed by atoms with van der Waals surface area (Å²) in [7, 11) is 0. The molecule has 0 aliphatic heterocycles. The standard InChI is InChI=1S/C11H14ClN3S/c1-8(16-2)3-4-14-11-6-9(7-13)5-10(12)15-11/h5-6,8H,3-4H2,1-2H3,(H,14,15). The Morgan fingerprint density at radius 2 is 2.38 bits per heavy atom. The van der Waals surface area contributed by atoms with Crippen LogP contribution in [0.1, 0.15) is 18.9 Å². The minimum Gasteiger partial charge on any atom is -0.370 e. The van der Waals surface area contributed by atoms with Gasteiger partial charge in [0.05, 0.1) is 11.6 Å². The van der Waals surface area contributed by atoms with Gasteiger partial charge in [-0.15, -0.1) is 0 Å². The Kier molecular flexibility index (Phi) is 5.44. The van der Waals surface area contributed by atoms with Crippen molar-refractivity contribution in [3.63, 3.8) is 0 Å². The van der Waals surface area contributed by atoms with Crippen molar-refractivity contribution < 1.29 is 0 Å². The molecule has 1 aromatic heterocycles. The lowest BCUT2D eigenvalue weighted by Gasteiger charge is -2.09. The van der Waals surface area contributed by atoms with Gasteiger partial charge >= 0.3 is 0 Å². The molecule has 1 unspecified atom stereocenters. The van der Waals surface area contributed by atoms with E-state index in [4.69, 9.17) is 16.9 Å². The predicted molar refractivity (Wildman–Crippen MR) is 70.0 cm³/mol. The Morgan fingerprint density at radius 1 is 1.62 bits per heavy atom. The first-order chi connectivity index (χ1) is 7.65. The first-order valence-electron chi connectivity index (χ1n) is 5.00. The van der Waals surface area contributed by atoms with Crippen LogP contribution in [0.3, 0.4) is 0 Å². The minimum atomic E-state index is 0.347. The Morgan fingerprint density at radius 3 is 3.00 bits per heavy atom. The molecule has 1 N–H and O–H groups in total.